The SMILES string of the molecule is O=C(CCNC(=O)NC12CC3CC(CC(C3)C1)C2)NCc1ccc(N2CCCCC2)nc1. The van der Waals surface area contributed by atoms with E-state index in [1.165, 1.54) is 38.5 Å². The van der Waals surface area contributed by atoms with Crippen LogP contribution in [-0.4, -0.2) is 42.1 Å². The summed E-state index contributed by atoms with van der Waals surface area (Å²) in [4.78, 5) is 31.6. The van der Waals surface area contributed by atoms with E-state index in [9.17, 15) is 9.59 Å². The zero-order chi connectivity index (χ0) is 22.0. The van der Waals surface area contributed by atoms with Crippen LogP contribution in [0.25, 0.3) is 0 Å². The lowest BCUT2D eigenvalue weighted by Crippen LogP contribution is -2.61. The number of aromatic nitrogens is 1. The first-order valence-electron chi connectivity index (χ1n) is 12.6. The molecule has 174 valence electrons. The summed E-state index contributed by atoms with van der Waals surface area (Å²) in [6.07, 6.45) is 13.4. The predicted molar refractivity (Wildman–Crippen MR) is 124 cm³/mol. The van der Waals surface area contributed by atoms with E-state index in [0.717, 1.165) is 61.5 Å². The average molecular weight is 440 g/mol. The molecule has 1 aromatic heterocycles. The molecule has 0 atom stereocenters. The molecule has 32 heavy (non-hydrogen) atoms. The van der Waals surface area contributed by atoms with E-state index < -0.39 is 0 Å². The summed E-state index contributed by atoms with van der Waals surface area (Å²) in [6, 6.07) is 3.97. The quantitative estimate of drug-likeness (QED) is 0.608. The maximum Gasteiger partial charge on any atom is 0.315 e. The summed E-state index contributed by atoms with van der Waals surface area (Å²) in [7, 11) is 0. The summed E-state index contributed by atoms with van der Waals surface area (Å²) in [6.45, 7) is 2.97. The van der Waals surface area contributed by atoms with Crippen LogP contribution in [0.15, 0.2) is 18.3 Å². The topological polar surface area (TPSA) is 86.4 Å². The molecule has 0 aromatic carbocycles. The Labute approximate surface area is 191 Å². The monoisotopic (exact) mass is 439 g/mol. The number of hydrogen-bond donors (Lipinski definition) is 3. The number of hydrogen-bond acceptors (Lipinski definition) is 4. The molecule has 4 bridgehead atoms. The van der Waals surface area contributed by atoms with E-state index in [1.807, 2.05) is 18.3 Å². The van der Waals surface area contributed by atoms with Crippen molar-refractivity contribution in [3.63, 3.8) is 0 Å². The highest BCUT2D eigenvalue weighted by molar-refractivity contribution is 5.78. The lowest BCUT2D eigenvalue weighted by molar-refractivity contribution is -0.121. The van der Waals surface area contributed by atoms with E-state index >= 15 is 0 Å². The number of carbonyl (C=O) groups excluding carboxylic acids is 2. The van der Waals surface area contributed by atoms with Crippen LogP contribution in [0.5, 0.6) is 0 Å². The minimum Gasteiger partial charge on any atom is -0.357 e. The van der Waals surface area contributed by atoms with Crippen molar-refractivity contribution < 1.29 is 9.59 Å². The Kier molecular flexibility index (Phi) is 6.24. The van der Waals surface area contributed by atoms with Gasteiger partial charge in [-0.3, -0.25) is 4.79 Å². The van der Waals surface area contributed by atoms with Gasteiger partial charge in [-0.15, -0.1) is 0 Å². The fourth-order valence-corrected chi connectivity index (χ4v) is 6.96. The van der Waals surface area contributed by atoms with Crippen molar-refractivity contribution in [2.45, 2.75) is 76.3 Å². The Morgan fingerprint density at radius 3 is 2.28 bits per heavy atom. The fourth-order valence-electron chi connectivity index (χ4n) is 6.96. The minimum absolute atomic E-state index is 0.00838. The van der Waals surface area contributed by atoms with Crippen LogP contribution in [0.4, 0.5) is 10.6 Å². The molecular weight excluding hydrogens is 402 g/mol. The van der Waals surface area contributed by atoms with E-state index in [2.05, 4.69) is 25.8 Å². The summed E-state index contributed by atoms with van der Waals surface area (Å²) in [5.74, 6) is 3.37. The lowest BCUT2D eigenvalue weighted by Gasteiger charge is -2.56. The lowest BCUT2D eigenvalue weighted by atomic mass is 9.53. The van der Waals surface area contributed by atoms with Crippen molar-refractivity contribution >= 4 is 17.8 Å². The third-order valence-corrected chi connectivity index (χ3v) is 8.03. The molecule has 5 fully saturated rings. The van der Waals surface area contributed by atoms with Gasteiger partial charge < -0.3 is 20.9 Å². The van der Waals surface area contributed by atoms with Gasteiger partial charge >= 0.3 is 6.03 Å². The average Bonchev–Trinajstić information content (AvgIpc) is 2.77. The molecule has 4 saturated carbocycles. The zero-order valence-corrected chi connectivity index (χ0v) is 19.1. The molecule has 4 aliphatic carbocycles. The van der Waals surface area contributed by atoms with Crippen molar-refractivity contribution in [1.82, 2.24) is 20.9 Å². The molecule has 5 aliphatic rings. The Morgan fingerprint density at radius 2 is 1.66 bits per heavy atom. The third-order valence-electron chi connectivity index (χ3n) is 8.03. The second-order valence-corrected chi connectivity index (χ2v) is 10.7. The van der Waals surface area contributed by atoms with Crippen LogP contribution >= 0.6 is 0 Å². The van der Waals surface area contributed by atoms with Gasteiger partial charge in [0, 0.05) is 44.3 Å². The highest BCUT2D eigenvalue weighted by atomic mass is 16.2. The number of nitrogens with zero attached hydrogens (tertiary/aromatic N) is 2. The van der Waals surface area contributed by atoms with Gasteiger partial charge in [-0.25, -0.2) is 9.78 Å². The first-order chi connectivity index (χ1) is 15.6. The highest BCUT2D eigenvalue weighted by Gasteiger charge is 2.51. The fraction of sp³-hybridized carbons (Fsp3) is 0.720. The molecule has 6 rings (SSSR count). The molecule has 7 nitrogen and oxygen atoms in total. The maximum absolute atomic E-state index is 12.5. The van der Waals surface area contributed by atoms with Gasteiger partial charge in [-0.1, -0.05) is 6.07 Å². The van der Waals surface area contributed by atoms with E-state index in [-0.39, 0.29) is 23.9 Å². The van der Waals surface area contributed by atoms with E-state index in [4.69, 9.17) is 0 Å². The zero-order valence-electron chi connectivity index (χ0n) is 19.1. The largest absolute Gasteiger partial charge is 0.357 e. The standard InChI is InChI=1S/C25H37N5O2/c31-23(28-17-18-4-5-22(27-16-18)30-8-2-1-3-9-30)6-7-26-24(32)29-25-13-19-10-20(14-25)12-21(11-19)15-25/h4-5,16,19-21H,1-3,6-15,17H2,(H,28,31)(H2,26,29,32). The number of carbonyl (C=O) groups is 2. The minimum atomic E-state index is -0.114. The number of amides is 3. The number of pyridine rings is 1. The Morgan fingerprint density at radius 1 is 0.969 bits per heavy atom. The van der Waals surface area contributed by atoms with E-state index in [0.29, 0.717) is 13.1 Å². The molecule has 1 saturated heterocycles. The van der Waals surface area contributed by atoms with Gasteiger partial charge in [0.1, 0.15) is 5.82 Å². The molecule has 3 amide bonds. The number of rotatable bonds is 7. The van der Waals surface area contributed by atoms with Crippen LogP contribution < -0.4 is 20.9 Å². The van der Waals surface area contributed by atoms with Crippen molar-refractivity contribution in [3.05, 3.63) is 23.9 Å². The number of urea groups is 1. The molecule has 0 spiro atoms. The molecule has 1 aromatic rings. The van der Waals surface area contributed by atoms with Crippen LogP contribution in [0, 0.1) is 17.8 Å². The molecular formula is C25H37N5O2. The van der Waals surface area contributed by atoms with Crippen molar-refractivity contribution in [1.29, 1.82) is 0 Å². The molecule has 2 heterocycles. The smallest absolute Gasteiger partial charge is 0.315 e. The van der Waals surface area contributed by atoms with Crippen LogP contribution in [0.3, 0.4) is 0 Å². The van der Waals surface area contributed by atoms with Crippen LogP contribution in [0.1, 0.15) is 69.8 Å². The molecule has 7 heteroatoms. The van der Waals surface area contributed by atoms with Crippen molar-refractivity contribution in [2.75, 3.05) is 24.5 Å². The van der Waals surface area contributed by atoms with Crippen LogP contribution in [0.2, 0.25) is 0 Å². The summed E-state index contributed by atoms with van der Waals surface area (Å²) < 4.78 is 0. The Balaban J connectivity index is 1.00. The first kappa shape index (κ1) is 21.5. The number of anilines is 1. The highest BCUT2D eigenvalue weighted by Crippen LogP contribution is 2.55. The maximum atomic E-state index is 12.5. The molecule has 0 unspecified atom stereocenters. The summed E-state index contributed by atoms with van der Waals surface area (Å²) in [5.41, 5.74) is 1.00. The van der Waals surface area contributed by atoms with Crippen molar-refractivity contribution in [2.24, 2.45) is 17.8 Å². The molecule has 1 aliphatic heterocycles. The van der Waals surface area contributed by atoms with Gasteiger partial charge in [0.05, 0.1) is 0 Å². The summed E-state index contributed by atoms with van der Waals surface area (Å²) >= 11 is 0. The second-order valence-electron chi connectivity index (χ2n) is 10.7. The Hall–Kier alpha value is -2.31. The number of nitrogens with one attached hydrogen (secondary N) is 3. The normalized spacial score (nSPS) is 30.8. The molecule has 0 radical (unpaired) electrons. The van der Waals surface area contributed by atoms with Crippen LogP contribution in [-0.2, 0) is 11.3 Å². The summed E-state index contributed by atoms with van der Waals surface area (Å²) in [5, 5.41) is 9.13. The Bertz CT molecular complexity index is 783. The van der Waals surface area contributed by atoms with Gasteiger partial charge in [0.25, 0.3) is 0 Å². The number of piperidine rings is 1. The van der Waals surface area contributed by atoms with Gasteiger partial charge in [0.15, 0.2) is 0 Å². The molecule has 3 N–H and O–H groups in total. The van der Waals surface area contributed by atoms with Crippen molar-refractivity contribution in [3.8, 4) is 0 Å². The predicted octanol–water partition coefficient (Wildman–Crippen LogP) is 3.35. The first-order valence-corrected chi connectivity index (χ1v) is 12.6. The third kappa shape index (κ3) is 5.02. The van der Waals surface area contributed by atoms with E-state index in [1.54, 1.807) is 0 Å². The van der Waals surface area contributed by atoms with Gasteiger partial charge in [-0.2, -0.15) is 0 Å². The second kappa shape index (κ2) is 9.28. The van der Waals surface area contributed by atoms with Gasteiger partial charge in [-0.05, 0) is 87.2 Å². The van der Waals surface area contributed by atoms with Gasteiger partial charge in [0.2, 0.25) is 5.91 Å².